The third-order valence-electron chi connectivity index (χ3n) is 3.97. The largest absolute Gasteiger partial charge is 0.473 e. The Morgan fingerprint density at radius 3 is 3.00 bits per heavy atom. The molecule has 1 aromatic heterocycles. The minimum absolute atomic E-state index is 0.00734. The topological polar surface area (TPSA) is 54.4 Å². The number of rotatable bonds is 4. The zero-order chi connectivity index (χ0) is 16.2. The number of aliphatic hydroxyl groups is 1. The Hall–Kier alpha value is -1.69. The van der Waals surface area contributed by atoms with E-state index in [1.54, 1.807) is 18.2 Å². The van der Waals surface area contributed by atoms with E-state index in [4.69, 9.17) is 16.3 Å². The van der Waals surface area contributed by atoms with Crippen LogP contribution in [0.2, 0.25) is 5.02 Å². The van der Waals surface area contributed by atoms with Gasteiger partial charge in [-0.1, -0.05) is 23.7 Å². The summed E-state index contributed by atoms with van der Waals surface area (Å²) in [5.74, 6) is 0.0112. The Morgan fingerprint density at radius 1 is 1.35 bits per heavy atom. The van der Waals surface area contributed by atoms with Crippen molar-refractivity contribution >= 4 is 11.6 Å². The quantitative estimate of drug-likeness (QED) is 0.901. The van der Waals surface area contributed by atoms with Crippen LogP contribution in [0.4, 0.5) is 4.39 Å². The van der Waals surface area contributed by atoms with Crippen LogP contribution in [-0.2, 0) is 6.61 Å². The number of benzene rings is 1. The predicted molar refractivity (Wildman–Crippen MR) is 86.2 cm³/mol. The molecule has 3 rings (SSSR count). The first kappa shape index (κ1) is 16.2. The van der Waals surface area contributed by atoms with Crippen LogP contribution in [0.3, 0.4) is 0 Å². The van der Waals surface area contributed by atoms with Gasteiger partial charge in [0.1, 0.15) is 12.4 Å². The number of halogens is 2. The summed E-state index contributed by atoms with van der Waals surface area (Å²) in [6, 6.07) is 9.93. The molecule has 2 heterocycles. The van der Waals surface area contributed by atoms with E-state index in [1.165, 1.54) is 6.07 Å². The number of β-amino-alcohol motifs (C(OH)–C–C–N with tert-alkyl or cyclic N) is 1. The van der Waals surface area contributed by atoms with Crippen molar-refractivity contribution in [3.05, 3.63) is 58.5 Å². The van der Waals surface area contributed by atoms with Crippen molar-refractivity contribution in [2.24, 2.45) is 0 Å². The van der Waals surface area contributed by atoms with Gasteiger partial charge in [-0.2, -0.15) is 0 Å². The number of piperidine rings is 1. The number of nitrogens with one attached hydrogen (secondary N) is 1. The summed E-state index contributed by atoms with van der Waals surface area (Å²) in [6.45, 7) is 1.49. The lowest BCUT2D eigenvalue weighted by Gasteiger charge is -2.28. The molecule has 0 spiro atoms. The molecular weight excluding hydrogens is 319 g/mol. The lowest BCUT2D eigenvalue weighted by Crippen LogP contribution is -2.39. The molecule has 1 aliphatic heterocycles. The zero-order valence-corrected chi connectivity index (χ0v) is 13.3. The molecule has 1 saturated heterocycles. The highest BCUT2D eigenvalue weighted by molar-refractivity contribution is 6.30. The normalized spacial score (nSPS) is 21.2. The molecule has 122 valence electrons. The summed E-state index contributed by atoms with van der Waals surface area (Å²) in [6.07, 6.45) is 0.365. The van der Waals surface area contributed by atoms with Gasteiger partial charge in [-0.3, -0.25) is 0 Å². The van der Waals surface area contributed by atoms with Crippen LogP contribution >= 0.6 is 11.6 Å². The Labute approximate surface area is 139 Å². The van der Waals surface area contributed by atoms with Crippen LogP contribution in [0.5, 0.6) is 5.88 Å². The average Bonchev–Trinajstić information content (AvgIpc) is 2.55. The van der Waals surface area contributed by atoms with Gasteiger partial charge in [0.05, 0.1) is 11.8 Å². The van der Waals surface area contributed by atoms with Crippen molar-refractivity contribution in [1.82, 2.24) is 10.3 Å². The smallest absolute Gasteiger partial charge is 0.213 e. The van der Waals surface area contributed by atoms with Gasteiger partial charge in [0.15, 0.2) is 0 Å². The lowest BCUT2D eigenvalue weighted by atomic mass is 9.91. The van der Waals surface area contributed by atoms with Crippen molar-refractivity contribution in [3.63, 3.8) is 0 Å². The summed E-state index contributed by atoms with van der Waals surface area (Å²) in [4.78, 5) is 4.45. The van der Waals surface area contributed by atoms with E-state index in [0.29, 0.717) is 23.0 Å². The molecule has 0 bridgehead atoms. The van der Waals surface area contributed by atoms with Gasteiger partial charge < -0.3 is 15.2 Å². The summed E-state index contributed by atoms with van der Waals surface area (Å²) >= 11 is 5.73. The fourth-order valence-corrected chi connectivity index (χ4v) is 2.85. The number of aromatic nitrogens is 1. The first-order chi connectivity index (χ1) is 11.1. The Morgan fingerprint density at radius 2 is 2.22 bits per heavy atom. The van der Waals surface area contributed by atoms with Gasteiger partial charge in [-0.25, -0.2) is 9.37 Å². The second-order valence-electron chi connectivity index (χ2n) is 5.59. The molecule has 0 unspecified atom stereocenters. The van der Waals surface area contributed by atoms with Gasteiger partial charge in [-0.05, 0) is 31.2 Å². The summed E-state index contributed by atoms with van der Waals surface area (Å²) < 4.78 is 19.3. The first-order valence-electron chi connectivity index (χ1n) is 7.56. The van der Waals surface area contributed by atoms with E-state index in [0.717, 1.165) is 18.7 Å². The van der Waals surface area contributed by atoms with Gasteiger partial charge in [0.25, 0.3) is 0 Å². The summed E-state index contributed by atoms with van der Waals surface area (Å²) in [7, 11) is 0. The maximum Gasteiger partial charge on any atom is 0.213 e. The maximum atomic E-state index is 13.7. The summed E-state index contributed by atoms with van der Waals surface area (Å²) in [5, 5.41) is 13.6. The molecule has 2 aromatic rings. The fraction of sp³-hybridized carbons (Fsp3) is 0.353. The lowest BCUT2D eigenvalue weighted by molar-refractivity contribution is 0.116. The number of hydrogen-bond acceptors (Lipinski definition) is 4. The van der Waals surface area contributed by atoms with E-state index in [9.17, 15) is 9.50 Å². The molecule has 23 heavy (non-hydrogen) atoms. The molecule has 0 radical (unpaired) electrons. The molecule has 6 heteroatoms. The monoisotopic (exact) mass is 336 g/mol. The summed E-state index contributed by atoms with van der Waals surface area (Å²) in [5.41, 5.74) is 1.22. The molecular formula is C17H18ClFN2O2. The highest BCUT2D eigenvalue weighted by atomic mass is 35.5. The Bertz CT molecular complexity index is 683. The SMILES string of the molecule is O[C@H]1CNCC[C@@H]1c1cccc(OCc2ccc(Cl)cc2F)n1. The van der Waals surface area contributed by atoms with Crippen LogP contribution in [0.25, 0.3) is 0 Å². The van der Waals surface area contributed by atoms with Crippen LogP contribution in [0, 0.1) is 5.82 Å². The molecule has 2 atom stereocenters. The Balaban J connectivity index is 1.70. The molecule has 1 fully saturated rings. The van der Waals surface area contributed by atoms with E-state index >= 15 is 0 Å². The molecule has 4 nitrogen and oxygen atoms in total. The predicted octanol–water partition coefficient (Wildman–Crippen LogP) is 2.89. The van der Waals surface area contributed by atoms with Crippen molar-refractivity contribution in [3.8, 4) is 5.88 Å². The highest BCUT2D eigenvalue weighted by Gasteiger charge is 2.25. The number of ether oxygens (including phenoxy) is 1. The van der Waals surface area contributed by atoms with E-state index in [-0.39, 0.29) is 12.5 Å². The van der Waals surface area contributed by atoms with Crippen LogP contribution in [0.15, 0.2) is 36.4 Å². The van der Waals surface area contributed by atoms with Gasteiger partial charge in [0.2, 0.25) is 5.88 Å². The Kier molecular flexibility index (Phi) is 5.10. The maximum absolute atomic E-state index is 13.7. The van der Waals surface area contributed by atoms with Crippen LogP contribution < -0.4 is 10.1 Å². The number of pyridine rings is 1. The van der Waals surface area contributed by atoms with Crippen LogP contribution in [-0.4, -0.2) is 29.3 Å². The minimum Gasteiger partial charge on any atom is -0.473 e. The number of nitrogens with zero attached hydrogens (tertiary/aromatic N) is 1. The highest BCUT2D eigenvalue weighted by Crippen LogP contribution is 2.26. The molecule has 0 saturated carbocycles. The van der Waals surface area contributed by atoms with Gasteiger partial charge >= 0.3 is 0 Å². The van der Waals surface area contributed by atoms with Gasteiger partial charge in [0, 0.05) is 29.1 Å². The van der Waals surface area contributed by atoms with Crippen molar-refractivity contribution in [1.29, 1.82) is 0 Å². The molecule has 0 aliphatic carbocycles. The average molecular weight is 337 g/mol. The van der Waals surface area contributed by atoms with Gasteiger partial charge in [-0.15, -0.1) is 0 Å². The van der Waals surface area contributed by atoms with Crippen molar-refractivity contribution < 1.29 is 14.2 Å². The van der Waals surface area contributed by atoms with Crippen molar-refractivity contribution in [2.75, 3.05) is 13.1 Å². The number of aliphatic hydroxyl groups excluding tert-OH is 1. The third-order valence-corrected chi connectivity index (χ3v) is 4.20. The minimum atomic E-state index is -0.458. The molecule has 1 aliphatic rings. The number of hydrogen-bond donors (Lipinski definition) is 2. The van der Waals surface area contributed by atoms with E-state index in [2.05, 4.69) is 10.3 Å². The zero-order valence-electron chi connectivity index (χ0n) is 12.5. The second-order valence-corrected chi connectivity index (χ2v) is 6.03. The van der Waals surface area contributed by atoms with Crippen molar-refractivity contribution in [2.45, 2.75) is 25.0 Å². The van der Waals surface area contributed by atoms with E-state index in [1.807, 2.05) is 12.1 Å². The fourth-order valence-electron chi connectivity index (χ4n) is 2.70. The van der Waals surface area contributed by atoms with E-state index < -0.39 is 11.9 Å². The first-order valence-corrected chi connectivity index (χ1v) is 7.94. The molecule has 0 amide bonds. The van der Waals surface area contributed by atoms with Crippen LogP contribution in [0.1, 0.15) is 23.6 Å². The standard InChI is InChI=1S/C17H18ClFN2O2/c18-12-5-4-11(14(19)8-12)10-23-17-3-1-2-15(21-17)13-6-7-20-9-16(13)22/h1-5,8,13,16,20,22H,6-7,9-10H2/t13-,16+/m1/s1. The molecule has 2 N–H and O–H groups in total. The third kappa shape index (κ3) is 3.99. The molecule has 1 aromatic carbocycles. The second kappa shape index (κ2) is 7.25.